The van der Waals surface area contributed by atoms with Crippen LogP contribution in [0.3, 0.4) is 0 Å². The van der Waals surface area contributed by atoms with E-state index in [0.29, 0.717) is 6.54 Å². The van der Waals surface area contributed by atoms with E-state index in [1.807, 2.05) is 44.4 Å². The second kappa shape index (κ2) is 5.72. The molecule has 1 aromatic rings. The molecule has 0 saturated carbocycles. The monoisotopic (exact) mass is 263 g/mol. The summed E-state index contributed by atoms with van der Waals surface area (Å²) < 4.78 is 0. The molecule has 1 rings (SSSR count). The SMILES string of the molecule is CN(C)C(C)(C)CNC(=O)C(C)(N)c1ccccc1. The molecule has 0 fully saturated rings. The summed E-state index contributed by atoms with van der Waals surface area (Å²) in [4.78, 5) is 14.4. The van der Waals surface area contributed by atoms with Gasteiger partial charge in [-0.3, -0.25) is 4.79 Å². The average Bonchev–Trinajstić information content (AvgIpc) is 2.36. The average molecular weight is 263 g/mol. The highest BCUT2D eigenvalue weighted by atomic mass is 16.2. The zero-order valence-corrected chi connectivity index (χ0v) is 12.5. The van der Waals surface area contributed by atoms with Crippen LogP contribution < -0.4 is 11.1 Å². The van der Waals surface area contributed by atoms with E-state index in [4.69, 9.17) is 5.73 Å². The summed E-state index contributed by atoms with van der Waals surface area (Å²) in [5.41, 5.74) is 5.86. The van der Waals surface area contributed by atoms with Crippen molar-refractivity contribution in [2.75, 3.05) is 20.6 Å². The molecule has 1 aromatic carbocycles. The molecule has 106 valence electrons. The van der Waals surface area contributed by atoms with Gasteiger partial charge in [0.25, 0.3) is 0 Å². The zero-order chi connectivity index (χ0) is 14.7. The van der Waals surface area contributed by atoms with E-state index in [0.717, 1.165) is 5.56 Å². The van der Waals surface area contributed by atoms with Gasteiger partial charge in [-0.1, -0.05) is 30.3 Å². The van der Waals surface area contributed by atoms with E-state index in [-0.39, 0.29) is 11.4 Å². The molecular weight excluding hydrogens is 238 g/mol. The largest absolute Gasteiger partial charge is 0.352 e. The summed E-state index contributed by atoms with van der Waals surface area (Å²) >= 11 is 0. The normalized spacial score (nSPS) is 15.1. The first-order valence-corrected chi connectivity index (χ1v) is 6.48. The number of rotatable bonds is 5. The lowest BCUT2D eigenvalue weighted by Crippen LogP contribution is -2.54. The fourth-order valence-corrected chi connectivity index (χ4v) is 1.55. The molecule has 0 radical (unpaired) electrons. The number of carbonyl (C=O) groups is 1. The van der Waals surface area contributed by atoms with Crippen LogP contribution in [-0.4, -0.2) is 37.0 Å². The molecule has 0 saturated heterocycles. The van der Waals surface area contributed by atoms with Gasteiger partial charge >= 0.3 is 0 Å². The third-order valence-electron chi connectivity index (χ3n) is 3.74. The van der Waals surface area contributed by atoms with Crippen molar-refractivity contribution in [3.63, 3.8) is 0 Å². The second-order valence-electron chi connectivity index (χ2n) is 5.96. The molecule has 3 N–H and O–H groups in total. The summed E-state index contributed by atoms with van der Waals surface area (Å²) in [6, 6.07) is 9.43. The van der Waals surface area contributed by atoms with E-state index >= 15 is 0 Å². The minimum atomic E-state index is -1.01. The Bertz CT molecular complexity index is 424. The van der Waals surface area contributed by atoms with Gasteiger partial charge in [0.05, 0.1) is 0 Å². The fraction of sp³-hybridized carbons (Fsp3) is 0.533. The molecule has 4 nitrogen and oxygen atoms in total. The number of likely N-dealkylation sites (N-methyl/N-ethyl adjacent to an activating group) is 1. The van der Waals surface area contributed by atoms with Crippen molar-refractivity contribution in [3.05, 3.63) is 35.9 Å². The van der Waals surface area contributed by atoms with E-state index < -0.39 is 5.54 Å². The summed E-state index contributed by atoms with van der Waals surface area (Å²) in [6.07, 6.45) is 0. The van der Waals surface area contributed by atoms with Crippen molar-refractivity contribution in [2.45, 2.75) is 31.8 Å². The number of hydrogen-bond donors (Lipinski definition) is 2. The smallest absolute Gasteiger partial charge is 0.244 e. The van der Waals surface area contributed by atoms with Crippen LogP contribution in [0.25, 0.3) is 0 Å². The summed E-state index contributed by atoms with van der Waals surface area (Å²) in [7, 11) is 3.98. The predicted octanol–water partition coefficient (Wildman–Crippen LogP) is 1.32. The highest BCUT2D eigenvalue weighted by Gasteiger charge is 2.31. The van der Waals surface area contributed by atoms with Crippen LogP contribution in [-0.2, 0) is 10.3 Å². The van der Waals surface area contributed by atoms with Crippen LogP contribution >= 0.6 is 0 Å². The Balaban J connectivity index is 2.73. The number of nitrogens with two attached hydrogens (primary N) is 1. The topological polar surface area (TPSA) is 58.4 Å². The van der Waals surface area contributed by atoms with Gasteiger partial charge < -0.3 is 16.0 Å². The molecule has 4 heteroatoms. The Kier molecular flexibility index (Phi) is 4.71. The van der Waals surface area contributed by atoms with Crippen molar-refractivity contribution in [2.24, 2.45) is 5.73 Å². The molecule has 1 amide bonds. The maximum absolute atomic E-state index is 12.3. The molecular formula is C15H25N3O. The van der Waals surface area contributed by atoms with Crippen molar-refractivity contribution < 1.29 is 4.79 Å². The third-order valence-corrected chi connectivity index (χ3v) is 3.74. The molecule has 0 heterocycles. The lowest BCUT2D eigenvalue weighted by atomic mass is 9.92. The van der Waals surface area contributed by atoms with Gasteiger partial charge in [-0.05, 0) is 40.4 Å². The molecule has 19 heavy (non-hydrogen) atoms. The number of nitrogens with one attached hydrogen (secondary N) is 1. The van der Waals surface area contributed by atoms with Crippen molar-refractivity contribution >= 4 is 5.91 Å². The van der Waals surface area contributed by atoms with Crippen molar-refractivity contribution in [1.82, 2.24) is 10.2 Å². The Hall–Kier alpha value is -1.39. The Labute approximate surface area is 116 Å². The van der Waals surface area contributed by atoms with Gasteiger partial charge in [-0.25, -0.2) is 0 Å². The lowest BCUT2D eigenvalue weighted by Gasteiger charge is -2.34. The summed E-state index contributed by atoms with van der Waals surface area (Å²) in [5.74, 6) is -0.159. The minimum absolute atomic E-state index is 0.109. The first-order chi connectivity index (χ1) is 8.68. The number of hydrogen-bond acceptors (Lipinski definition) is 3. The van der Waals surface area contributed by atoms with Crippen molar-refractivity contribution in [1.29, 1.82) is 0 Å². The molecule has 0 aliphatic carbocycles. The highest BCUT2D eigenvalue weighted by Crippen LogP contribution is 2.18. The molecule has 0 spiro atoms. The van der Waals surface area contributed by atoms with Gasteiger partial charge in [0.15, 0.2) is 0 Å². The first kappa shape index (κ1) is 15.7. The van der Waals surface area contributed by atoms with E-state index in [2.05, 4.69) is 24.1 Å². The Morgan fingerprint density at radius 3 is 2.21 bits per heavy atom. The third kappa shape index (κ3) is 3.78. The van der Waals surface area contributed by atoms with Crippen LogP contribution in [0.15, 0.2) is 30.3 Å². The number of carbonyl (C=O) groups excluding carboxylic acids is 1. The summed E-state index contributed by atoms with van der Waals surface area (Å²) in [6.45, 7) is 6.44. The lowest BCUT2D eigenvalue weighted by molar-refractivity contribution is -0.126. The van der Waals surface area contributed by atoms with Crippen molar-refractivity contribution in [3.8, 4) is 0 Å². The van der Waals surface area contributed by atoms with Gasteiger partial charge in [0.2, 0.25) is 5.91 Å². The standard InChI is InChI=1S/C15H25N3O/c1-14(2,18(4)5)11-17-13(19)15(3,16)12-9-7-6-8-10-12/h6-10H,11,16H2,1-5H3,(H,17,19). The first-order valence-electron chi connectivity index (χ1n) is 6.48. The van der Waals surface area contributed by atoms with E-state index in [9.17, 15) is 4.79 Å². The predicted molar refractivity (Wildman–Crippen MR) is 78.8 cm³/mol. The van der Waals surface area contributed by atoms with Gasteiger partial charge in [-0.15, -0.1) is 0 Å². The molecule has 0 bridgehead atoms. The Morgan fingerprint density at radius 2 is 1.74 bits per heavy atom. The maximum atomic E-state index is 12.3. The second-order valence-corrected chi connectivity index (χ2v) is 5.96. The number of amides is 1. The van der Waals surface area contributed by atoms with Crippen LogP contribution in [0.4, 0.5) is 0 Å². The summed E-state index contributed by atoms with van der Waals surface area (Å²) in [5, 5.41) is 2.94. The quantitative estimate of drug-likeness (QED) is 0.842. The zero-order valence-electron chi connectivity index (χ0n) is 12.5. The van der Waals surface area contributed by atoms with Crippen LogP contribution in [0.5, 0.6) is 0 Å². The molecule has 1 atom stereocenters. The Morgan fingerprint density at radius 1 is 1.21 bits per heavy atom. The van der Waals surface area contributed by atoms with Gasteiger partial charge in [0.1, 0.15) is 5.54 Å². The molecule has 0 aliphatic rings. The van der Waals surface area contributed by atoms with Gasteiger partial charge in [-0.2, -0.15) is 0 Å². The highest BCUT2D eigenvalue weighted by molar-refractivity contribution is 5.87. The molecule has 0 aliphatic heterocycles. The van der Waals surface area contributed by atoms with E-state index in [1.54, 1.807) is 6.92 Å². The van der Waals surface area contributed by atoms with Gasteiger partial charge in [0, 0.05) is 12.1 Å². The van der Waals surface area contributed by atoms with E-state index in [1.165, 1.54) is 0 Å². The maximum Gasteiger partial charge on any atom is 0.244 e. The number of nitrogens with zero attached hydrogens (tertiary/aromatic N) is 1. The van der Waals surface area contributed by atoms with Crippen LogP contribution in [0.2, 0.25) is 0 Å². The molecule has 1 unspecified atom stereocenters. The fourth-order valence-electron chi connectivity index (χ4n) is 1.55. The van der Waals surface area contributed by atoms with Crippen LogP contribution in [0.1, 0.15) is 26.3 Å². The minimum Gasteiger partial charge on any atom is -0.352 e. The van der Waals surface area contributed by atoms with Crippen LogP contribution in [0, 0.1) is 0 Å². The molecule has 0 aromatic heterocycles. The number of benzene rings is 1.